The van der Waals surface area contributed by atoms with E-state index in [1.807, 2.05) is 17.0 Å². The van der Waals surface area contributed by atoms with Crippen molar-refractivity contribution in [3.8, 4) is 5.69 Å². The molecule has 10 heteroatoms. The van der Waals surface area contributed by atoms with E-state index in [0.717, 1.165) is 31.2 Å². The van der Waals surface area contributed by atoms with Gasteiger partial charge < -0.3 is 9.80 Å². The summed E-state index contributed by atoms with van der Waals surface area (Å²) < 4.78 is 1.51. The SMILES string of the molecule is O=C1CCC(N2Cc3ccc(-n4cc(C(=O)N5CC=CC56CCCCC6)nn4)cc3C2=O)C(=O)N1. The topological polar surface area (TPSA) is 118 Å². The van der Waals surface area contributed by atoms with Gasteiger partial charge in [-0.05, 0) is 37.0 Å². The second-order valence-electron chi connectivity index (χ2n) is 9.77. The third-order valence-corrected chi connectivity index (χ3v) is 7.71. The molecule has 4 heterocycles. The Labute approximate surface area is 201 Å². The van der Waals surface area contributed by atoms with E-state index >= 15 is 0 Å². The molecule has 1 saturated heterocycles. The van der Waals surface area contributed by atoms with Gasteiger partial charge in [0.1, 0.15) is 6.04 Å². The van der Waals surface area contributed by atoms with Crippen molar-refractivity contribution in [1.29, 1.82) is 0 Å². The summed E-state index contributed by atoms with van der Waals surface area (Å²) in [6.07, 6.45) is 11.7. The maximum Gasteiger partial charge on any atom is 0.277 e. The number of hydrogen-bond acceptors (Lipinski definition) is 6. The zero-order valence-corrected chi connectivity index (χ0v) is 19.3. The molecule has 35 heavy (non-hydrogen) atoms. The molecular formula is C25H26N6O4. The summed E-state index contributed by atoms with van der Waals surface area (Å²) in [5, 5.41) is 10.6. The average Bonchev–Trinajstić information content (AvgIpc) is 3.58. The van der Waals surface area contributed by atoms with Crippen LogP contribution in [0.15, 0.2) is 36.5 Å². The molecule has 0 bridgehead atoms. The molecule has 1 atom stereocenters. The monoisotopic (exact) mass is 474 g/mol. The minimum Gasteiger partial charge on any atom is -0.324 e. The van der Waals surface area contributed by atoms with Gasteiger partial charge in [0.15, 0.2) is 5.69 Å². The minimum absolute atomic E-state index is 0.135. The van der Waals surface area contributed by atoms with Crippen molar-refractivity contribution < 1.29 is 19.2 Å². The molecule has 0 radical (unpaired) electrons. The number of fused-ring (bicyclic) bond motifs is 1. The number of carbonyl (C=O) groups is 4. The van der Waals surface area contributed by atoms with Crippen molar-refractivity contribution in [2.45, 2.75) is 63.1 Å². The molecule has 3 aliphatic heterocycles. The number of nitrogens with one attached hydrogen (secondary N) is 1. The van der Waals surface area contributed by atoms with Crippen LogP contribution in [0.3, 0.4) is 0 Å². The maximum atomic E-state index is 13.3. The fraction of sp³-hybridized carbons (Fsp3) is 0.440. The lowest BCUT2D eigenvalue weighted by atomic mass is 9.81. The molecule has 4 amide bonds. The highest BCUT2D eigenvalue weighted by Crippen LogP contribution is 2.38. The van der Waals surface area contributed by atoms with Crippen LogP contribution in [-0.2, 0) is 16.1 Å². The van der Waals surface area contributed by atoms with Crippen molar-refractivity contribution in [3.05, 3.63) is 53.4 Å². The Hall–Kier alpha value is -3.82. The van der Waals surface area contributed by atoms with E-state index in [4.69, 9.17) is 0 Å². The number of carbonyl (C=O) groups excluding carboxylic acids is 4. The first-order chi connectivity index (χ1) is 16.9. The predicted molar refractivity (Wildman–Crippen MR) is 123 cm³/mol. The zero-order chi connectivity index (χ0) is 24.2. The normalized spacial score (nSPS) is 23.2. The highest BCUT2D eigenvalue weighted by Gasteiger charge is 2.42. The molecule has 2 fully saturated rings. The number of piperidine rings is 1. The van der Waals surface area contributed by atoms with Crippen LogP contribution >= 0.6 is 0 Å². The zero-order valence-electron chi connectivity index (χ0n) is 19.3. The van der Waals surface area contributed by atoms with Gasteiger partial charge in [0, 0.05) is 25.1 Å². The van der Waals surface area contributed by atoms with Crippen LogP contribution in [0, 0.1) is 0 Å². The molecule has 1 spiro atoms. The molecule has 6 rings (SSSR count). The van der Waals surface area contributed by atoms with Crippen molar-refractivity contribution in [1.82, 2.24) is 30.1 Å². The lowest BCUT2D eigenvalue weighted by Gasteiger charge is -2.40. The second-order valence-corrected chi connectivity index (χ2v) is 9.77. The fourth-order valence-electron chi connectivity index (χ4n) is 5.85. The number of benzene rings is 1. The molecule has 4 aliphatic rings. The summed E-state index contributed by atoms with van der Waals surface area (Å²) in [5.74, 6) is -1.14. The van der Waals surface area contributed by atoms with Gasteiger partial charge in [-0.2, -0.15) is 0 Å². The van der Waals surface area contributed by atoms with Gasteiger partial charge >= 0.3 is 0 Å². The molecule has 180 valence electrons. The molecule has 1 aliphatic carbocycles. The standard InChI is InChI=1S/C25H26N6O4/c32-21-8-7-20(22(33)26-21)29-14-16-5-6-17(13-18(16)23(29)34)31-15-19(27-28-31)24(35)30-12-4-11-25(30)9-2-1-3-10-25/h4-6,11,13,15,20H,1-3,7-10,12,14H2,(H,26,32,33). The molecule has 10 nitrogen and oxygen atoms in total. The van der Waals surface area contributed by atoms with E-state index in [0.29, 0.717) is 30.8 Å². The largest absolute Gasteiger partial charge is 0.324 e. The second kappa shape index (κ2) is 8.14. The number of amides is 4. The van der Waals surface area contributed by atoms with E-state index < -0.39 is 11.9 Å². The highest BCUT2D eigenvalue weighted by atomic mass is 16.2. The fourth-order valence-corrected chi connectivity index (χ4v) is 5.85. The lowest BCUT2D eigenvalue weighted by Crippen LogP contribution is -2.52. The van der Waals surface area contributed by atoms with Gasteiger partial charge in [-0.25, -0.2) is 4.68 Å². The van der Waals surface area contributed by atoms with Crippen LogP contribution in [0.2, 0.25) is 0 Å². The van der Waals surface area contributed by atoms with Gasteiger partial charge in [0.2, 0.25) is 11.8 Å². The molecular weight excluding hydrogens is 448 g/mol. The van der Waals surface area contributed by atoms with Crippen LogP contribution in [-0.4, -0.2) is 66.5 Å². The quantitative estimate of drug-likeness (QED) is 0.535. The Bertz CT molecular complexity index is 1270. The van der Waals surface area contributed by atoms with E-state index in [1.54, 1.807) is 12.3 Å². The number of rotatable bonds is 3. The lowest BCUT2D eigenvalue weighted by molar-refractivity contribution is -0.136. The summed E-state index contributed by atoms with van der Waals surface area (Å²) in [5.41, 5.74) is 1.97. The molecule has 1 saturated carbocycles. The Morgan fingerprint density at radius 1 is 1.11 bits per heavy atom. The van der Waals surface area contributed by atoms with Crippen LogP contribution in [0.25, 0.3) is 5.69 Å². The van der Waals surface area contributed by atoms with Crippen molar-refractivity contribution in [2.75, 3.05) is 6.54 Å². The number of imide groups is 1. The van der Waals surface area contributed by atoms with Crippen molar-refractivity contribution in [2.24, 2.45) is 0 Å². The highest BCUT2D eigenvalue weighted by molar-refractivity contribution is 6.05. The first-order valence-electron chi connectivity index (χ1n) is 12.2. The Balaban J connectivity index is 1.22. The van der Waals surface area contributed by atoms with Crippen LogP contribution in [0.4, 0.5) is 0 Å². The predicted octanol–water partition coefficient (Wildman–Crippen LogP) is 1.74. The van der Waals surface area contributed by atoms with E-state index in [1.165, 1.54) is 16.0 Å². The molecule has 2 aromatic rings. The van der Waals surface area contributed by atoms with Crippen LogP contribution in [0.1, 0.15) is 71.4 Å². The summed E-state index contributed by atoms with van der Waals surface area (Å²) in [6, 6.07) is 4.71. The molecule has 1 N–H and O–H groups in total. The van der Waals surface area contributed by atoms with Gasteiger partial charge in [-0.1, -0.05) is 42.7 Å². The summed E-state index contributed by atoms with van der Waals surface area (Å²) >= 11 is 0. The number of hydrogen-bond donors (Lipinski definition) is 1. The third-order valence-electron chi connectivity index (χ3n) is 7.71. The van der Waals surface area contributed by atoms with Gasteiger partial charge in [-0.3, -0.25) is 24.5 Å². The molecule has 1 unspecified atom stereocenters. The first kappa shape index (κ1) is 21.7. The summed E-state index contributed by atoms with van der Waals surface area (Å²) in [7, 11) is 0. The van der Waals surface area contributed by atoms with Crippen LogP contribution in [0.5, 0.6) is 0 Å². The Morgan fingerprint density at radius 3 is 2.74 bits per heavy atom. The smallest absolute Gasteiger partial charge is 0.277 e. The number of nitrogens with zero attached hydrogens (tertiary/aromatic N) is 5. The van der Waals surface area contributed by atoms with E-state index in [2.05, 4.69) is 27.8 Å². The molecule has 1 aromatic heterocycles. The summed E-state index contributed by atoms with van der Waals surface area (Å²) in [6.45, 7) is 0.890. The van der Waals surface area contributed by atoms with Crippen molar-refractivity contribution in [3.63, 3.8) is 0 Å². The number of aromatic nitrogens is 3. The van der Waals surface area contributed by atoms with E-state index in [-0.39, 0.29) is 35.4 Å². The van der Waals surface area contributed by atoms with Gasteiger partial charge in [0.05, 0.1) is 17.4 Å². The third kappa shape index (κ3) is 3.55. The molecule has 1 aromatic carbocycles. The van der Waals surface area contributed by atoms with Crippen molar-refractivity contribution >= 4 is 23.6 Å². The minimum atomic E-state index is -0.659. The first-order valence-corrected chi connectivity index (χ1v) is 12.2. The van der Waals surface area contributed by atoms with Crippen LogP contribution < -0.4 is 5.32 Å². The Morgan fingerprint density at radius 2 is 1.94 bits per heavy atom. The maximum absolute atomic E-state index is 13.3. The average molecular weight is 475 g/mol. The van der Waals surface area contributed by atoms with Gasteiger partial charge in [0.25, 0.3) is 11.8 Å². The summed E-state index contributed by atoms with van der Waals surface area (Å²) in [4.78, 5) is 53.6. The van der Waals surface area contributed by atoms with Gasteiger partial charge in [-0.15, -0.1) is 5.10 Å². The Kier molecular flexibility index (Phi) is 5.05. The van der Waals surface area contributed by atoms with E-state index in [9.17, 15) is 19.2 Å².